The number of carbonyl (C=O) groups is 3. The average Bonchev–Trinajstić information content (AvgIpc) is 2.86. The molecule has 5 atom stereocenters. The van der Waals surface area contributed by atoms with Crippen molar-refractivity contribution in [2.45, 2.75) is 51.3 Å². The molecule has 0 saturated carbocycles. The van der Waals surface area contributed by atoms with E-state index in [4.69, 9.17) is 4.74 Å². The third-order valence-electron chi connectivity index (χ3n) is 6.11. The maximum absolute atomic E-state index is 13.3. The monoisotopic (exact) mass is 478 g/mol. The summed E-state index contributed by atoms with van der Waals surface area (Å²) in [5.74, 6) is -2.62. The predicted octanol–water partition coefficient (Wildman–Crippen LogP) is 3.10. The molecule has 0 fully saturated rings. The van der Waals surface area contributed by atoms with Gasteiger partial charge >= 0.3 is 5.97 Å². The molecule has 0 radical (unpaired) electrons. The molecule has 1 heterocycles. The molecule has 2 aromatic rings. The first-order chi connectivity index (χ1) is 16.9. The van der Waals surface area contributed by atoms with E-state index in [2.05, 4.69) is 10.6 Å². The second-order valence-corrected chi connectivity index (χ2v) is 9.04. The number of nitrogens with one attached hydrogen (secondary N) is 2. The van der Waals surface area contributed by atoms with Crippen molar-refractivity contribution in [2.24, 2.45) is 11.8 Å². The van der Waals surface area contributed by atoms with Crippen LogP contribution in [0.3, 0.4) is 0 Å². The minimum Gasteiger partial charge on any atom is -0.455 e. The summed E-state index contributed by atoms with van der Waals surface area (Å²) in [6.07, 6.45) is 4.01. The van der Waals surface area contributed by atoms with Gasteiger partial charge in [-0.15, -0.1) is 0 Å². The fourth-order valence-electron chi connectivity index (χ4n) is 4.10. The summed E-state index contributed by atoms with van der Waals surface area (Å²) in [4.78, 5) is 39.2. The minimum atomic E-state index is -0.971. The minimum absolute atomic E-state index is 0.186. The Morgan fingerprint density at radius 2 is 1.69 bits per heavy atom. The van der Waals surface area contributed by atoms with Crippen molar-refractivity contribution in [2.75, 3.05) is 6.61 Å². The molecular formula is C28H34N2O5. The van der Waals surface area contributed by atoms with Gasteiger partial charge in [0.1, 0.15) is 12.0 Å². The lowest BCUT2D eigenvalue weighted by molar-refractivity contribution is -0.157. The van der Waals surface area contributed by atoms with Gasteiger partial charge in [-0.05, 0) is 44.2 Å². The van der Waals surface area contributed by atoms with Crippen molar-refractivity contribution >= 4 is 17.8 Å². The standard InChI is InChI=1S/C28H34N2O5/c1-19(18-31)29-26(32)24-16-10-9-15-23(17-21-11-5-3-6-12-21)28(34)35-25(20(2)30-27(24)33)22-13-7-4-8-14-22/h3-14,19-20,23-25,31H,15-18H2,1-2H3,(H,29,32)(H,30,33)/t19-,20?,23?,24?,25?/m0/s1. The summed E-state index contributed by atoms with van der Waals surface area (Å²) in [6, 6.07) is 18.0. The van der Waals surface area contributed by atoms with Crippen LogP contribution in [-0.4, -0.2) is 41.6 Å². The molecule has 3 rings (SSSR count). The van der Waals surface area contributed by atoms with Crippen molar-refractivity contribution in [1.82, 2.24) is 10.6 Å². The van der Waals surface area contributed by atoms with E-state index in [1.54, 1.807) is 19.9 Å². The molecule has 0 bridgehead atoms. The molecule has 1 aliphatic heterocycles. The van der Waals surface area contributed by atoms with Crippen molar-refractivity contribution < 1.29 is 24.2 Å². The Hall–Kier alpha value is -3.45. The van der Waals surface area contributed by atoms with Crippen LogP contribution in [0.2, 0.25) is 0 Å². The topological polar surface area (TPSA) is 105 Å². The largest absolute Gasteiger partial charge is 0.455 e. The van der Waals surface area contributed by atoms with Crippen LogP contribution in [0.15, 0.2) is 72.8 Å². The van der Waals surface area contributed by atoms with E-state index < -0.39 is 41.8 Å². The van der Waals surface area contributed by atoms with Gasteiger partial charge in [0, 0.05) is 6.04 Å². The van der Waals surface area contributed by atoms with E-state index in [-0.39, 0.29) is 19.0 Å². The van der Waals surface area contributed by atoms with E-state index >= 15 is 0 Å². The number of rotatable bonds is 6. The number of hydrogen-bond donors (Lipinski definition) is 3. The van der Waals surface area contributed by atoms with E-state index in [0.717, 1.165) is 11.1 Å². The molecule has 2 aromatic carbocycles. The number of benzene rings is 2. The van der Waals surface area contributed by atoms with Gasteiger partial charge in [-0.25, -0.2) is 0 Å². The van der Waals surface area contributed by atoms with Crippen LogP contribution in [0.1, 0.15) is 43.9 Å². The maximum Gasteiger partial charge on any atom is 0.310 e. The van der Waals surface area contributed by atoms with E-state index in [1.165, 1.54) is 0 Å². The first-order valence-corrected chi connectivity index (χ1v) is 12.0. The molecule has 0 spiro atoms. The maximum atomic E-state index is 13.3. The predicted molar refractivity (Wildman–Crippen MR) is 133 cm³/mol. The molecule has 7 nitrogen and oxygen atoms in total. The first-order valence-electron chi connectivity index (χ1n) is 12.0. The molecule has 2 amide bonds. The Balaban J connectivity index is 1.91. The Bertz CT molecular complexity index is 1010. The van der Waals surface area contributed by atoms with Crippen molar-refractivity contribution in [3.05, 3.63) is 83.9 Å². The number of carbonyl (C=O) groups excluding carboxylic acids is 3. The van der Waals surface area contributed by atoms with E-state index in [9.17, 15) is 19.5 Å². The summed E-state index contributed by atoms with van der Waals surface area (Å²) >= 11 is 0. The van der Waals surface area contributed by atoms with Gasteiger partial charge in [0.2, 0.25) is 11.8 Å². The van der Waals surface area contributed by atoms with Crippen LogP contribution >= 0.6 is 0 Å². The number of ether oxygens (including phenoxy) is 1. The summed E-state index contributed by atoms with van der Waals surface area (Å²) in [5, 5.41) is 14.9. The SMILES string of the molecule is CC1NC(=O)C(C(=O)N[C@@H](C)CO)CC=CCC(Cc2ccccc2)C(=O)OC1c1ccccc1. The van der Waals surface area contributed by atoms with E-state index in [1.807, 2.05) is 66.7 Å². The summed E-state index contributed by atoms with van der Waals surface area (Å²) in [5.41, 5.74) is 1.79. The summed E-state index contributed by atoms with van der Waals surface area (Å²) in [7, 11) is 0. The zero-order valence-electron chi connectivity index (χ0n) is 20.2. The van der Waals surface area contributed by atoms with Gasteiger partial charge in [-0.1, -0.05) is 72.8 Å². The molecule has 0 saturated heterocycles. The number of allylic oxidation sites excluding steroid dienone is 2. The highest BCUT2D eigenvalue weighted by Gasteiger charge is 2.33. The molecule has 35 heavy (non-hydrogen) atoms. The van der Waals surface area contributed by atoms with Crippen LogP contribution in [0.25, 0.3) is 0 Å². The van der Waals surface area contributed by atoms with Gasteiger partial charge in [-0.2, -0.15) is 0 Å². The number of hydrogen-bond acceptors (Lipinski definition) is 5. The lowest BCUT2D eigenvalue weighted by Gasteiger charge is -2.29. The summed E-state index contributed by atoms with van der Waals surface area (Å²) < 4.78 is 6.01. The average molecular weight is 479 g/mol. The first kappa shape index (κ1) is 26.2. The lowest BCUT2D eigenvalue weighted by Crippen LogP contribution is -2.48. The fraction of sp³-hybridized carbons (Fsp3) is 0.393. The highest BCUT2D eigenvalue weighted by atomic mass is 16.5. The van der Waals surface area contributed by atoms with Crippen molar-refractivity contribution in [1.29, 1.82) is 0 Å². The normalized spacial score (nSPS) is 24.3. The molecule has 3 N–H and O–H groups in total. The van der Waals surface area contributed by atoms with Crippen LogP contribution in [0.5, 0.6) is 0 Å². The number of aliphatic hydroxyl groups is 1. The number of esters is 1. The van der Waals surface area contributed by atoms with Crippen LogP contribution in [0.4, 0.5) is 0 Å². The van der Waals surface area contributed by atoms with Crippen LogP contribution < -0.4 is 10.6 Å². The van der Waals surface area contributed by atoms with Crippen molar-refractivity contribution in [3.8, 4) is 0 Å². The second-order valence-electron chi connectivity index (χ2n) is 9.04. The molecule has 7 heteroatoms. The highest BCUT2D eigenvalue weighted by molar-refractivity contribution is 6.00. The van der Waals surface area contributed by atoms with Crippen molar-refractivity contribution in [3.63, 3.8) is 0 Å². The van der Waals surface area contributed by atoms with E-state index in [0.29, 0.717) is 12.8 Å². The Kier molecular flexibility index (Phi) is 9.61. The number of aliphatic hydroxyl groups excluding tert-OH is 1. The fourth-order valence-corrected chi connectivity index (χ4v) is 4.10. The zero-order chi connectivity index (χ0) is 25.2. The molecule has 0 aromatic heterocycles. The molecule has 186 valence electrons. The molecule has 0 aliphatic carbocycles. The summed E-state index contributed by atoms with van der Waals surface area (Å²) in [6.45, 7) is 3.21. The van der Waals surface area contributed by atoms with Gasteiger partial charge in [0.05, 0.1) is 18.6 Å². The smallest absolute Gasteiger partial charge is 0.310 e. The van der Waals surface area contributed by atoms with Crippen LogP contribution in [0, 0.1) is 11.8 Å². The number of amides is 2. The Morgan fingerprint density at radius 3 is 2.34 bits per heavy atom. The van der Waals surface area contributed by atoms with Gasteiger partial charge in [0.25, 0.3) is 0 Å². The zero-order valence-corrected chi connectivity index (χ0v) is 20.2. The second kappa shape index (κ2) is 12.9. The third-order valence-corrected chi connectivity index (χ3v) is 6.11. The quantitative estimate of drug-likeness (QED) is 0.336. The number of cyclic esters (lactones) is 1. The van der Waals surface area contributed by atoms with Crippen LogP contribution in [-0.2, 0) is 25.5 Å². The van der Waals surface area contributed by atoms with Gasteiger partial charge in [-0.3, -0.25) is 14.4 Å². The Labute approximate surface area is 206 Å². The molecule has 4 unspecified atom stereocenters. The molecule has 1 aliphatic rings. The molecular weight excluding hydrogens is 444 g/mol. The third kappa shape index (κ3) is 7.52. The van der Waals surface area contributed by atoms with Gasteiger partial charge < -0.3 is 20.5 Å². The van der Waals surface area contributed by atoms with Gasteiger partial charge in [0.15, 0.2) is 0 Å². The Morgan fingerprint density at radius 1 is 1.06 bits per heavy atom. The lowest BCUT2D eigenvalue weighted by atomic mass is 9.94. The highest BCUT2D eigenvalue weighted by Crippen LogP contribution is 2.26.